The third-order valence-electron chi connectivity index (χ3n) is 4.04. The molecule has 2 aliphatic rings. The van der Waals surface area contributed by atoms with Crippen molar-refractivity contribution in [3.05, 3.63) is 17.5 Å². The topological polar surface area (TPSA) is 69.8 Å². The van der Waals surface area contributed by atoms with Gasteiger partial charge in [0.05, 0.1) is 24.0 Å². The lowest BCUT2D eigenvalue weighted by Gasteiger charge is -2.31. The van der Waals surface area contributed by atoms with Gasteiger partial charge >= 0.3 is 0 Å². The van der Waals surface area contributed by atoms with E-state index < -0.39 is 11.8 Å². The Morgan fingerprint density at radius 3 is 2.95 bits per heavy atom. The van der Waals surface area contributed by atoms with Crippen molar-refractivity contribution < 1.29 is 13.6 Å². The van der Waals surface area contributed by atoms with E-state index in [9.17, 15) is 13.6 Å². The van der Waals surface area contributed by atoms with Gasteiger partial charge in [0.2, 0.25) is 0 Å². The molecule has 0 radical (unpaired) electrons. The van der Waals surface area contributed by atoms with Crippen LogP contribution in [0.3, 0.4) is 0 Å². The van der Waals surface area contributed by atoms with Gasteiger partial charge in [-0.05, 0) is 25.8 Å². The van der Waals surface area contributed by atoms with Crippen LogP contribution in [0.5, 0.6) is 0 Å². The van der Waals surface area contributed by atoms with E-state index in [0.29, 0.717) is 24.4 Å². The number of aromatic amines is 1. The monoisotopic (exact) mass is 284 g/mol. The van der Waals surface area contributed by atoms with Gasteiger partial charge < -0.3 is 10.6 Å². The van der Waals surface area contributed by atoms with Gasteiger partial charge in [0.1, 0.15) is 0 Å². The number of halogens is 2. The Hall–Kier alpha value is -1.50. The maximum absolute atomic E-state index is 13.6. The van der Waals surface area contributed by atoms with E-state index in [2.05, 4.69) is 20.8 Å². The number of alkyl halides is 2. The molecule has 2 heterocycles. The van der Waals surface area contributed by atoms with Crippen LogP contribution >= 0.6 is 0 Å². The Morgan fingerprint density at radius 1 is 1.45 bits per heavy atom. The second kappa shape index (κ2) is 5.12. The first-order valence-corrected chi connectivity index (χ1v) is 6.98. The summed E-state index contributed by atoms with van der Waals surface area (Å²) in [6, 6.07) is 0. The lowest BCUT2D eigenvalue weighted by atomic mass is 9.94. The molecule has 3 N–H and O–H groups in total. The number of hydrogen-bond acceptors (Lipinski definition) is 3. The van der Waals surface area contributed by atoms with Crippen LogP contribution in [0.15, 0.2) is 6.20 Å². The maximum atomic E-state index is 13.6. The SMILES string of the molecule is O=C(NCC1CCNCC1(F)F)c1cn[nH]c1C1CC1. The predicted octanol–water partition coefficient (Wildman–Crippen LogP) is 1.26. The van der Waals surface area contributed by atoms with Gasteiger partial charge in [-0.15, -0.1) is 0 Å². The average Bonchev–Trinajstić information content (AvgIpc) is 3.14. The highest BCUT2D eigenvalue weighted by atomic mass is 19.3. The van der Waals surface area contributed by atoms with Crippen molar-refractivity contribution in [2.75, 3.05) is 19.6 Å². The van der Waals surface area contributed by atoms with Crippen LogP contribution in [0.2, 0.25) is 0 Å². The quantitative estimate of drug-likeness (QED) is 0.779. The summed E-state index contributed by atoms with van der Waals surface area (Å²) in [6.45, 7) is 0.254. The van der Waals surface area contributed by atoms with E-state index in [0.717, 1.165) is 18.5 Å². The maximum Gasteiger partial charge on any atom is 0.264 e. The molecule has 1 amide bonds. The highest BCUT2D eigenvalue weighted by Gasteiger charge is 2.41. The smallest absolute Gasteiger partial charge is 0.264 e. The lowest BCUT2D eigenvalue weighted by Crippen LogP contribution is -2.50. The number of amides is 1. The molecule has 1 atom stereocenters. The summed E-state index contributed by atoms with van der Waals surface area (Å²) in [5.41, 5.74) is 1.32. The van der Waals surface area contributed by atoms with E-state index >= 15 is 0 Å². The number of carbonyl (C=O) groups is 1. The molecule has 0 aromatic carbocycles. The molecule has 3 rings (SSSR count). The fourth-order valence-electron chi connectivity index (χ4n) is 2.61. The molecule has 110 valence electrons. The first-order chi connectivity index (χ1) is 9.58. The Morgan fingerprint density at radius 2 is 2.25 bits per heavy atom. The zero-order chi connectivity index (χ0) is 14.2. The number of nitrogens with zero attached hydrogens (tertiary/aromatic N) is 1. The van der Waals surface area contributed by atoms with Gasteiger partial charge in [-0.25, -0.2) is 8.78 Å². The number of piperidine rings is 1. The summed E-state index contributed by atoms with van der Waals surface area (Å²) in [6.07, 6.45) is 3.95. The number of aromatic nitrogens is 2. The number of rotatable bonds is 4. The van der Waals surface area contributed by atoms with Crippen LogP contribution in [-0.4, -0.2) is 41.7 Å². The van der Waals surface area contributed by atoms with Gasteiger partial charge in [-0.2, -0.15) is 5.10 Å². The van der Waals surface area contributed by atoms with Crippen molar-refractivity contribution in [2.24, 2.45) is 5.92 Å². The van der Waals surface area contributed by atoms with Gasteiger partial charge in [0, 0.05) is 18.4 Å². The normalized spacial score (nSPS) is 25.4. The van der Waals surface area contributed by atoms with Crippen LogP contribution in [0, 0.1) is 5.92 Å². The van der Waals surface area contributed by atoms with Crippen LogP contribution in [0.1, 0.15) is 41.2 Å². The molecule has 5 nitrogen and oxygen atoms in total. The molecule has 1 aromatic heterocycles. The molecule has 7 heteroatoms. The van der Waals surface area contributed by atoms with Crippen molar-refractivity contribution >= 4 is 5.91 Å². The van der Waals surface area contributed by atoms with Crippen LogP contribution in [0.4, 0.5) is 8.78 Å². The highest BCUT2D eigenvalue weighted by molar-refractivity contribution is 5.95. The Kier molecular flexibility index (Phi) is 3.45. The molecule has 1 aliphatic carbocycles. The lowest BCUT2D eigenvalue weighted by molar-refractivity contribution is -0.0712. The summed E-state index contributed by atoms with van der Waals surface area (Å²) in [5, 5.41) is 12.0. The summed E-state index contributed by atoms with van der Waals surface area (Å²) < 4.78 is 27.3. The summed E-state index contributed by atoms with van der Waals surface area (Å²) in [7, 11) is 0. The number of H-pyrrole nitrogens is 1. The summed E-state index contributed by atoms with van der Waals surface area (Å²) >= 11 is 0. The zero-order valence-corrected chi connectivity index (χ0v) is 11.1. The zero-order valence-electron chi connectivity index (χ0n) is 11.1. The minimum absolute atomic E-state index is 0.00278. The highest BCUT2D eigenvalue weighted by Crippen LogP contribution is 2.40. The fraction of sp³-hybridized carbons (Fsp3) is 0.692. The van der Waals surface area contributed by atoms with Crippen molar-refractivity contribution in [1.29, 1.82) is 0 Å². The van der Waals surface area contributed by atoms with E-state index in [1.165, 1.54) is 6.20 Å². The van der Waals surface area contributed by atoms with Gasteiger partial charge in [-0.3, -0.25) is 9.89 Å². The molecular weight excluding hydrogens is 266 g/mol. The van der Waals surface area contributed by atoms with Crippen molar-refractivity contribution in [2.45, 2.75) is 31.1 Å². The van der Waals surface area contributed by atoms with Crippen molar-refractivity contribution in [3.63, 3.8) is 0 Å². The van der Waals surface area contributed by atoms with Crippen molar-refractivity contribution in [3.8, 4) is 0 Å². The minimum atomic E-state index is -2.76. The molecule has 1 aromatic rings. The van der Waals surface area contributed by atoms with Gasteiger partial charge in [0.15, 0.2) is 0 Å². The van der Waals surface area contributed by atoms with Crippen LogP contribution in [0.25, 0.3) is 0 Å². The van der Waals surface area contributed by atoms with Crippen molar-refractivity contribution in [1.82, 2.24) is 20.8 Å². The summed E-state index contributed by atoms with van der Waals surface area (Å²) in [5.74, 6) is -3.50. The van der Waals surface area contributed by atoms with Gasteiger partial charge in [-0.1, -0.05) is 0 Å². The number of carbonyl (C=O) groups excluding carboxylic acids is 1. The predicted molar refractivity (Wildman–Crippen MR) is 68.8 cm³/mol. The third kappa shape index (κ3) is 2.67. The Balaban J connectivity index is 1.60. The number of nitrogens with one attached hydrogen (secondary N) is 3. The standard InChI is InChI=1S/C13H18F2N4O/c14-13(15)7-16-4-3-9(13)5-17-12(20)10-6-18-19-11(10)8-1-2-8/h6,8-9,16H,1-5,7H2,(H,17,20)(H,18,19). The first-order valence-electron chi connectivity index (χ1n) is 6.98. The van der Waals surface area contributed by atoms with Crippen LogP contribution < -0.4 is 10.6 Å². The third-order valence-corrected chi connectivity index (χ3v) is 4.04. The van der Waals surface area contributed by atoms with E-state index in [1.807, 2.05) is 0 Å². The molecule has 1 saturated heterocycles. The molecule has 20 heavy (non-hydrogen) atoms. The molecule has 1 unspecified atom stereocenters. The Labute approximate surface area is 115 Å². The summed E-state index contributed by atoms with van der Waals surface area (Å²) in [4.78, 5) is 12.1. The largest absolute Gasteiger partial charge is 0.351 e. The van der Waals surface area contributed by atoms with E-state index in [-0.39, 0.29) is 19.0 Å². The molecular formula is C13H18F2N4O. The van der Waals surface area contributed by atoms with Crippen LogP contribution in [-0.2, 0) is 0 Å². The van der Waals surface area contributed by atoms with E-state index in [1.54, 1.807) is 0 Å². The average molecular weight is 284 g/mol. The van der Waals surface area contributed by atoms with Gasteiger partial charge in [0.25, 0.3) is 11.8 Å². The molecule has 0 spiro atoms. The first kappa shape index (κ1) is 13.5. The number of hydrogen-bond donors (Lipinski definition) is 3. The molecule has 0 bridgehead atoms. The molecule has 1 saturated carbocycles. The Bertz CT molecular complexity index is 498. The minimum Gasteiger partial charge on any atom is -0.351 e. The molecule has 2 fully saturated rings. The molecule has 1 aliphatic heterocycles. The van der Waals surface area contributed by atoms with E-state index in [4.69, 9.17) is 0 Å². The fourth-order valence-corrected chi connectivity index (χ4v) is 2.61. The second-order valence-corrected chi connectivity index (χ2v) is 5.61. The second-order valence-electron chi connectivity index (χ2n) is 5.61.